The lowest BCUT2D eigenvalue weighted by atomic mass is 9.97. The topological polar surface area (TPSA) is 94.9 Å². The number of carbonyl (C=O) groups is 1. The number of rotatable bonds is 6. The van der Waals surface area contributed by atoms with E-state index in [1.807, 2.05) is 13.8 Å². The Hall–Kier alpha value is -3.61. The number of fused-ring (bicyclic) bond motifs is 1. The Morgan fingerprint density at radius 2 is 1.67 bits per heavy atom. The molecule has 2 aromatic carbocycles. The molecule has 3 aromatic rings. The predicted molar refractivity (Wildman–Crippen MR) is 139 cm³/mol. The number of hydrogen-bond acceptors (Lipinski definition) is 6. The Kier molecular flexibility index (Phi) is 8.07. The summed E-state index contributed by atoms with van der Waals surface area (Å²) in [7, 11) is -4.73. The number of ether oxygens (including phenoxy) is 1. The highest BCUT2D eigenvalue weighted by Gasteiger charge is 2.48. The summed E-state index contributed by atoms with van der Waals surface area (Å²) in [5, 5.41) is -0.197. The smallest absolute Gasteiger partial charge is 0.443 e. The molecule has 39 heavy (non-hydrogen) atoms. The number of nitrogens with zero attached hydrogens (tertiary/aromatic N) is 2. The number of carbonyl (C=O) groups excluding carboxylic acids is 1. The van der Waals surface area contributed by atoms with Crippen LogP contribution in [0.3, 0.4) is 0 Å². The van der Waals surface area contributed by atoms with Crippen LogP contribution >= 0.6 is 0 Å². The molecule has 13 heteroatoms. The molecule has 0 aliphatic heterocycles. The van der Waals surface area contributed by atoms with Crippen LogP contribution in [-0.2, 0) is 21.4 Å². The molecule has 0 fully saturated rings. The fourth-order valence-corrected chi connectivity index (χ4v) is 4.32. The zero-order valence-corrected chi connectivity index (χ0v) is 22.9. The van der Waals surface area contributed by atoms with Crippen LogP contribution < -0.4 is 14.6 Å². The van der Waals surface area contributed by atoms with Crippen LogP contribution in [-0.4, -0.2) is 37.2 Å². The third-order valence-corrected chi connectivity index (χ3v) is 6.36. The highest BCUT2D eigenvalue weighted by Crippen LogP contribution is 2.40. The maximum atomic E-state index is 15.2. The summed E-state index contributed by atoms with van der Waals surface area (Å²) in [5.74, 6) is -1.75. The number of anilines is 1. The zero-order chi connectivity index (χ0) is 29.5. The van der Waals surface area contributed by atoms with Gasteiger partial charge in [0, 0.05) is 35.5 Å². The molecule has 0 atom stereocenters. The van der Waals surface area contributed by atoms with E-state index in [2.05, 4.69) is 4.18 Å². The quantitative estimate of drug-likeness (QED) is 0.202. The Balaban J connectivity index is 2.49. The van der Waals surface area contributed by atoms with Crippen LogP contribution in [0.25, 0.3) is 21.9 Å². The Bertz CT molecular complexity index is 1570. The summed E-state index contributed by atoms with van der Waals surface area (Å²) in [5.41, 5.74) is -7.43. The van der Waals surface area contributed by atoms with Crippen molar-refractivity contribution in [3.63, 3.8) is 0 Å². The molecule has 0 unspecified atom stereocenters. The normalized spacial score (nSPS) is 12.6. The van der Waals surface area contributed by atoms with E-state index >= 15 is 4.39 Å². The molecule has 0 bridgehead atoms. The highest BCUT2D eigenvalue weighted by atomic mass is 32.2. The Morgan fingerprint density at radius 1 is 1.05 bits per heavy atom. The molecule has 0 aliphatic rings. The molecule has 0 aliphatic carbocycles. The van der Waals surface area contributed by atoms with Gasteiger partial charge in [0.15, 0.2) is 0 Å². The van der Waals surface area contributed by atoms with E-state index in [0.717, 1.165) is 29.2 Å². The first-order chi connectivity index (χ1) is 17.8. The van der Waals surface area contributed by atoms with E-state index in [0.29, 0.717) is 0 Å². The molecular weight excluding hydrogens is 544 g/mol. The van der Waals surface area contributed by atoms with Gasteiger partial charge in [0.25, 0.3) is 5.56 Å². The first-order valence-electron chi connectivity index (χ1n) is 11.8. The minimum absolute atomic E-state index is 0.0495. The number of benzene rings is 2. The predicted octanol–water partition coefficient (Wildman–Crippen LogP) is 6.06. The summed E-state index contributed by atoms with van der Waals surface area (Å²) in [4.78, 5) is 27.8. The fraction of sp³-hybridized carbons (Fsp3) is 0.385. The lowest BCUT2D eigenvalue weighted by molar-refractivity contribution is -0.0500. The van der Waals surface area contributed by atoms with Crippen LogP contribution in [0, 0.1) is 11.7 Å². The number of amides is 1. The van der Waals surface area contributed by atoms with Gasteiger partial charge in [-0.25, -0.2) is 9.18 Å². The van der Waals surface area contributed by atoms with Gasteiger partial charge in [0.1, 0.15) is 23.0 Å². The molecule has 1 amide bonds. The lowest BCUT2D eigenvalue weighted by Crippen LogP contribution is -2.38. The number of aromatic nitrogens is 1. The zero-order valence-electron chi connectivity index (χ0n) is 22.1. The average Bonchev–Trinajstić information content (AvgIpc) is 2.78. The van der Waals surface area contributed by atoms with Gasteiger partial charge in [-0.1, -0.05) is 32.0 Å². The third-order valence-electron chi connectivity index (χ3n) is 5.38. The van der Waals surface area contributed by atoms with Crippen molar-refractivity contribution in [3.05, 3.63) is 58.6 Å². The van der Waals surface area contributed by atoms with Gasteiger partial charge in [-0.3, -0.25) is 14.3 Å². The van der Waals surface area contributed by atoms with E-state index in [-0.39, 0.29) is 40.2 Å². The SMILES string of the molecule is CC(C)Cn1c(N(C)C(=O)OC(C)(C)C)c(-c2ccccc2F)c2cc(OS(=O)(=O)C(F)(F)F)ccc2c1=O. The molecule has 0 spiro atoms. The molecule has 0 radical (unpaired) electrons. The number of hydrogen-bond donors (Lipinski definition) is 0. The molecular formula is C26H28F4N2O6S. The van der Waals surface area contributed by atoms with Crippen LogP contribution in [0.2, 0.25) is 0 Å². The maximum Gasteiger partial charge on any atom is 0.534 e. The molecule has 3 rings (SSSR count). The second-order valence-corrected chi connectivity index (χ2v) is 11.8. The average molecular weight is 573 g/mol. The second-order valence-electron chi connectivity index (χ2n) is 10.2. The van der Waals surface area contributed by atoms with Gasteiger partial charge < -0.3 is 8.92 Å². The Morgan fingerprint density at radius 3 is 2.21 bits per heavy atom. The third kappa shape index (κ3) is 6.35. The summed E-state index contributed by atoms with van der Waals surface area (Å²) < 4.78 is 88.5. The van der Waals surface area contributed by atoms with Gasteiger partial charge in [0.05, 0.1) is 0 Å². The molecule has 1 aromatic heterocycles. The van der Waals surface area contributed by atoms with Crippen LogP contribution in [0.15, 0.2) is 47.3 Å². The summed E-state index contributed by atoms with van der Waals surface area (Å²) in [6.45, 7) is 8.60. The van der Waals surface area contributed by atoms with Crippen molar-refractivity contribution >= 4 is 32.8 Å². The summed E-state index contributed by atoms with van der Waals surface area (Å²) >= 11 is 0. The van der Waals surface area contributed by atoms with Gasteiger partial charge in [-0.2, -0.15) is 21.6 Å². The van der Waals surface area contributed by atoms with Crippen molar-refractivity contribution in [2.75, 3.05) is 11.9 Å². The standard InChI is InChI=1S/C26H28F4N2O6S/c1-15(2)14-32-22(31(6)24(34)37-25(3,4)5)21(18-9-7-8-10-20(18)27)19-13-16(11-12-17(19)23(32)33)38-39(35,36)26(28,29)30/h7-13,15H,14H2,1-6H3. The number of alkyl halides is 3. The molecule has 212 valence electrons. The van der Waals surface area contributed by atoms with E-state index in [1.54, 1.807) is 20.8 Å². The van der Waals surface area contributed by atoms with Crippen LogP contribution in [0.5, 0.6) is 5.75 Å². The van der Waals surface area contributed by atoms with Gasteiger partial charge in [0.2, 0.25) is 0 Å². The van der Waals surface area contributed by atoms with Crippen LogP contribution in [0.1, 0.15) is 34.6 Å². The molecule has 0 N–H and O–H groups in total. The van der Waals surface area contributed by atoms with Gasteiger partial charge in [-0.15, -0.1) is 0 Å². The minimum atomic E-state index is -6.04. The number of pyridine rings is 1. The largest absolute Gasteiger partial charge is 0.534 e. The summed E-state index contributed by atoms with van der Waals surface area (Å²) in [6, 6.07) is 8.28. The van der Waals surface area contributed by atoms with E-state index in [4.69, 9.17) is 4.74 Å². The van der Waals surface area contributed by atoms with Crippen molar-refractivity contribution in [3.8, 4) is 16.9 Å². The lowest BCUT2D eigenvalue weighted by Gasteiger charge is -2.29. The maximum absolute atomic E-state index is 15.2. The summed E-state index contributed by atoms with van der Waals surface area (Å²) in [6.07, 6.45) is -0.886. The van der Waals surface area contributed by atoms with Gasteiger partial charge in [-0.05, 0) is 51.0 Å². The van der Waals surface area contributed by atoms with Crippen molar-refractivity contribution in [1.29, 1.82) is 0 Å². The molecule has 0 saturated carbocycles. The van der Waals surface area contributed by atoms with Crippen LogP contribution in [0.4, 0.5) is 28.2 Å². The van der Waals surface area contributed by atoms with E-state index in [1.165, 1.54) is 29.8 Å². The number of halogens is 4. The van der Waals surface area contributed by atoms with E-state index in [9.17, 15) is 31.2 Å². The Labute approximate surface area is 222 Å². The molecule has 0 saturated heterocycles. The highest BCUT2D eigenvalue weighted by molar-refractivity contribution is 7.88. The molecule has 1 heterocycles. The van der Waals surface area contributed by atoms with Crippen molar-refractivity contribution in [2.24, 2.45) is 5.92 Å². The monoisotopic (exact) mass is 572 g/mol. The minimum Gasteiger partial charge on any atom is -0.443 e. The fourth-order valence-electron chi connectivity index (χ4n) is 3.87. The van der Waals surface area contributed by atoms with Gasteiger partial charge >= 0.3 is 21.7 Å². The molecule has 8 nitrogen and oxygen atoms in total. The first-order valence-corrected chi connectivity index (χ1v) is 13.2. The van der Waals surface area contributed by atoms with Crippen molar-refractivity contribution in [2.45, 2.75) is 52.3 Å². The van der Waals surface area contributed by atoms with E-state index < -0.39 is 44.4 Å². The first kappa shape index (κ1) is 29.9. The second kappa shape index (κ2) is 10.5. The van der Waals surface area contributed by atoms with Crippen molar-refractivity contribution in [1.82, 2.24) is 4.57 Å². The van der Waals surface area contributed by atoms with Crippen molar-refractivity contribution < 1.29 is 39.7 Å².